The number of rotatable bonds is 3. The standard InChI is InChI=1S/C10H16NSi/c1-9(2)11-12(3)10-7-5-4-6-8-10/h4-9,11H,1-3H3. The Balaban J connectivity index is 2.59. The highest BCUT2D eigenvalue weighted by atomic mass is 28.3. The molecule has 0 heterocycles. The van der Waals surface area contributed by atoms with Gasteiger partial charge in [-0.1, -0.05) is 50.7 Å². The topological polar surface area (TPSA) is 12.0 Å². The van der Waals surface area contributed by atoms with E-state index in [0.29, 0.717) is 6.04 Å². The van der Waals surface area contributed by atoms with Crippen LogP contribution < -0.4 is 10.2 Å². The Kier molecular flexibility index (Phi) is 3.50. The molecule has 0 spiro atoms. The first-order valence-electron chi connectivity index (χ1n) is 4.35. The molecule has 0 unspecified atom stereocenters. The third-order valence-electron chi connectivity index (χ3n) is 1.71. The van der Waals surface area contributed by atoms with Crippen LogP contribution in [0.1, 0.15) is 13.8 Å². The van der Waals surface area contributed by atoms with E-state index in [4.69, 9.17) is 0 Å². The first-order valence-corrected chi connectivity index (χ1v) is 6.35. The summed E-state index contributed by atoms with van der Waals surface area (Å²) in [6, 6.07) is 11.3. The van der Waals surface area contributed by atoms with Gasteiger partial charge in [-0.25, -0.2) is 0 Å². The van der Waals surface area contributed by atoms with Crippen LogP contribution >= 0.6 is 0 Å². The Morgan fingerprint density at radius 2 is 1.75 bits per heavy atom. The van der Waals surface area contributed by atoms with Crippen molar-refractivity contribution in [1.82, 2.24) is 4.98 Å². The third-order valence-corrected chi connectivity index (χ3v) is 3.92. The summed E-state index contributed by atoms with van der Waals surface area (Å²) in [6.45, 7) is 6.67. The van der Waals surface area contributed by atoms with Gasteiger partial charge in [-0.05, 0) is 11.2 Å². The molecule has 65 valence electrons. The van der Waals surface area contributed by atoms with E-state index < -0.39 is 8.96 Å². The quantitative estimate of drug-likeness (QED) is 0.692. The SMILES string of the molecule is CC(C)N[Si](C)c1ccccc1. The maximum atomic E-state index is 3.56. The van der Waals surface area contributed by atoms with E-state index in [9.17, 15) is 0 Å². The Bertz CT molecular complexity index is 221. The Labute approximate surface area is 76.5 Å². The van der Waals surface area contributed by atoms with Gasteiger partial charge in [0.05, 0.1) is 0 Å². The van der Waals surface area contributed by atoms with E-state index in [1.165, 1.54) is 5.19 Å². The van der Waals surface area contributed by atoms with Crippen LogP contribution in [-0.4, -0.2) is 15.0 Å². The average Bonchev–Trinajstić information content (AvgIpc) is 2.05. The summed E-state index contributed by atoms with van der Waals surface area (Å²) in [6.07, 6.45) is 0. The number of hydrogen-bond donors (Lipinski definition) is 1. The third kappa shape index (κ3) is 2.79. The molecule has 0 atom stereocenters. The van der Waals surface area contributed by atoms with Crippen LogP contribution in [0.3, 0.4) is 0 Å². The molecule has 0 aliphatic rings. The molecule has 1 aromatic carbocycles. The van der Waals surface area contributed by atoms with Crippen LogP contribution in [0.5, 0.6) is 0 Å². The number of hydrogen-bond acceptors (Lipinski definition) is 1. The minimum atomic E-state index is -0.517. The van der Waals surface area contributed by atoms with Crippen LogP contribution in [0.4, 0.5) is 0 Å². The van der Waals surface area contributed by atoms with Crippen LogP contribution in [0.2, 0.25) is 6.55 Å². The van der Waals surface area contributed by atoms with Crippen LogP contribution in [0, 0.1) is 0 Å². The second kappa shape index (κ2) is 4.43. The molecule has 0 saturated heterocycles. The monoisotopic (exact) mass is 178 g/mol. The molecule has 12 heavy (non-hydrogen) atoms. The molecule has 1 rings (SSSR count). The summed E-state index contributed by atoms with van der Waals surface area (Å²) in [5.74, 6) is 0. The molecule has 0 amide bonds. The molecular formula is C10H16NSi. The Hall–Kier alpha value is -0.603. The summed E-state index contributed by atoms with van der Waals surface area (Å²) in [5.41, 5.74) is 0. The summed E-state index contributed by atoms with van der Waals surface area (Å²) in [4.78, 5) is 3.56. The van der Waals surface area contributed by atoms with Gasteiger partial charge < -0.3 is 4.98 Å². The van der Waals surface area contributed by atoms with Crippen LogP contribution in [0.15, 0.2) is 30.3 Å². The summed E-state index contributed by atoms with van der Waals surface area (Å²) in [5, 5.41) is 1.45. The molecule has 1 nitrogen and oxygen atoms in total. The lowest BCUT2D eigenvalue weighted by Crippen LogP contribution is -2.45. The highest BCUT2D eigenvalue weighted by molar-refractivity contribution is 6.69. The lowest BCUT2D eigenvalue weighted by atomic mass is 10.4. The van der Waals surface area contributed by atoms with E-state index in [0.717, 1.165) is 0 Å². The fraction of sp³-hybridized carbons (Fsp3) is 0.400. The van der Waals surface area contributed by atoms with Crippen molar-refractivity contribution in [2.24, 2.45) is 0 Å². The second-order valence-corrected chi connectivity index (χ2v) is 5.41. The van der Waals surface area contributed by atoms with Gasteiger partial charge in [-0.3, -0.25) is 0 Å². The molecule has 0 aliphatic heterocycles. The van der Waals surface area contributed by atoms with Gasteiger partial charge in [0.2, 0.25) is 0 Å². The van der Waals surface area contributed by atoms with E-state index in [1.54, 1.807) is 0 Å². The highest BCUT2D eigenvalue weighted by Crippen LogP contribution is 1.87. The van der Waals surface area contributed by atoms with E-state index >= 15 is 0 Å². The minimum Gasteiger partial charge on any atom is -0.332 e. The van der Waals surface area contributed by atoms with E-state index in [1.807, 2.05) is 0 Å². The van der Waals surface area contributed by atoms with Crippen LogP contribution in [0.25, 0.3) is 0 Å². The average molecular weight is 178 g/mol. The van der Waals surface area contributed by atoms with Crippen LogP contribution in [-0.2, 0) is 0 Å². The molecule has 0 fully saturated rings. The van der Waals surface area contributed by atoms with Gasteiger partial charge in [0.15, 0.2) is 8.96 Å². The predicted molar refractivity (Wildman–Crippen MR) is 56.0 cm³/mol. The van der Waals surface area contributed by atoms with Gasteiger partial charge in [-0.15, -0.1) is 0 Å². The van der Waals surface area contributed by atoms with E-state index in [-0.39, 0.29) is 0 Å². The van der Waals surface area contributed by atoms with Crippen molar-refractivity contribution in [2.45, 2.75) is 26.4 Å². The summed E-state index contributed by atoms with van der Waals surface area (Å²) >= 11 is 0. The van der Waals surface area contributed by atoms with Gasteiger partial charge in [0.25, 0.3) is 0 Å². The zero-order chi connectivity index (χ0) is 8.97. The fourth-order valence-corrected chi connectivity index (χ4v) is 2.93. The first kappa shape index (κ1) is 9.48. The smallest absolute Gasteiger partial charge is 0.166 e. The van der Waals surface area contributed by atoms with Gasteiger partial charge in [-0.2, -0.15) is 0 Å². The van der Waals surface area contributed by atoms with Crippen molar-refractivity contribution in [3.8, 4) is 0 Å². The summed E-state index contributed by atoms with van der Waals surface area (Å²) in [7, 11) is -0.517. The predicted octanol–water partition coefficient (Wildman–Crippen LogP) is 1.51. The molecule has 2 heteroatoms. The Morgan fingerprint density at radius 3 is 2.25 bits per heavy atom. The number of benzene rings is 1. The van der Waals surface area contributed by atoms with Gasteiger partial charge in [0.1, 0.15) is 0 Å². The molecule has 0 saturated carbocycles. The maximum Gasteiger partial charge on any atom is 0.166 e. The first-order chi connectivity index (χ1) is 5.70. The molecule has 1 N–H and O–H groups in total. The van der Waals surface area contributed by atoms with Crippen molar-refractivity contribution in [3.63, 3.8) is 0 Å². The molecule has 0 aliphatic carbocycles. The minimum absolute atomic E-state index is 0.517. The van der Waals surface area contributed by atoms with Crippen molar-refractivity contribution >= 4 is 14.1 Å². The normalized spacial score (nSPS) is 11.1. The van der Waals surface area contributed by atoms with Crippen molar-refractivity contribution in [1.29, 1.82) is 0 Å². The largest absolute Gasteiger partial charge is 0.332 e. The zero-order valence-electron chi connectivity index (χ0n) is 7.96. The second-order valence-electron chi connectivity index (χ2n) is 3.29. The van der Waals surface area contributed by atoms with Crippen molar-refractivity contribution in [2.75, 3.05) is 0 Å². The molecule has 0 bridgehead atoms. The molecular weight excluding hydrogens is 162 g/mol. The molecule has 0 aromatic heterocycles. The molecule has 1 aromatic rings. The zero-order valence-corrected chi connectivity index (χ0v) is 8.96. The lowest BCUT2D eigenvalue weighted by Gasteiger charge is -2.14. The maximum absolute atomic E-state index is 3.56. The van der Waals surface area contributed by atoms with Gasteiger partial charge in [0, 0.05) is 0 Å². The molecule has 1 radical (unpaired) electrons. The van der Waals surface area contributed by atoms with Crippen molar-refractivity contribution in [3.05, 3.63) is 30.3 Å². The lowest BCUT2D eigenvalue weighted by molar-refractivity contribution is 0.748. The highest BCUT2D eigenvalue weighted by Gasteiger charge is 2.07. The van der Waals surface area contributed by atoms with Gasteiger partial charge >= 0.3 is 0 Å². The fourth-order valence-electron chi connectivity index (χ4n) is 1.20. The summed E-state index contributed by atoms with van der Waals surface area (Å²) < 4.78 is 0. The Morgan fingerprint density at radius 1 is 1.17 bits per heavy atom. The number of nitrogens with one attached hydrogen (secondary N) is 1. The van der Waals surface area contributed by atoms with E-state index in [2.05, 4.69) is 55.7 Å². The van der Waals surface area contributed by atoms with Crippen molar-refractivity contribution < 1.29 is 0 Å².